The Morgan fingerprint density at radius 3 is 2.60 bits per heavy atom. The fourth-order valence-electron chi connectivity index (χ4n) is 7.72. The van der Waals surface area contributed by atoms with Crippen LogP contribution in [0.15, 0.2) is 11.6 Å². The number of hydrogen-bond acceptors (Lipinski definition) is 2. The molecule has 0 amide bonds. The van der Waals surface area contributed by atoms with Crippen molar-refractivity contribution in [1.82, 2.24) is 0 Å². The summed E-state index contributed by atoms with van der Waals surface area (Å²) in [4.78, 5) is 0. The molecule has 0 aromatic heterocycles. The summed E-state index contributed by atoms with van der Waals surface area (Å²) < 4.78 is 11.1. The van der Waals surface area contributed by atoms with Gasteiger partial charge in [-0.3, -0.25) is 0 Å². The molecule has 3 fully saturated rings. The zero-order valence-corrected chi connectivity index (χ0v) is 16.9. The van der Waals surface area contributed by atoms with Crippen molar-refractivity contribution < 1.29 is 9.47 Å². The molecule has 142 valence electrons. The highest BCUT2D eigenvalue weighted by Gasteiger charge is 2.58. The summed E-state index contributed by atoms with van der Waals surface area (Å²) in [7, 11) is 3.58. The molecule has 2 heteroatoms. The highest BCUT2D eigenvalue weighted by molar-refractivity contribution is 5.24. The number of allylic oxidation sites excluding steroid dienone is 2. The molecule has 0 saturated heterocycles. The van der Waals surface area contributed by atoms with Crippen molar-refractivity contribution in [3.63, 3.8) is 0 Å². The van der Waals surface area contributed by atoms with Crippen molar-refractivity contribution in [2.75, 3.05) is 14.2 Å². The van der Waals surface area contributed by atoms with Gasteiger partial charge in [-0.2, -0.15) is 0 Å². The minimum absolute atomic E-state index is 0.0213. The third-order valence-electron chi connectivity index (χ3n) is 9.22. The molecule has 4 rings (SSSR count). The average molecular weight is 347 g/mol. The summed E-state index contributed by atoms with van der Waals surface area (Å²) in [5.41, 5.74) is 2.87. The molecular weight excluding hydrogens is 308 g/mol. The first kappa shape index (κ1) is 18.0. The molecule has 6 atom stereocenters. The molecule has 0 spiro atoms. The topological polar surface area (TPSA) is 18.5 Å². The summed E-state index contributed by atoms with van der Waals surface area (Å²) in [6.45, 7) is 5.23. The van der Waals surface area contributed by atoms with Crippen LogP contribution in [0.25, 0.3) is 0 Å². The van der Waals surface area contributed by atoms with Crippen molar-refractivity contribution in [3.8, 4) is 0 Å². The zero-order valence-electron chi connectivity index (χ0n) is 16.9. The first-order valence-corrected chi connectivity index (χ1v) is 10.8. The third-order valence-corrected chi connectivity index (χ3v) is 9.22. The van der Waals surface area contributed by atoms with Gasteiger partial charge in [0.05, 0.1) is 0 Å². The quantitative estimate of drug-likeness (QED) is 0.461. The first-order valence-electron chi connectivity index (χ1n) is 10.8. The van der Waals surface area contributed by atoms with Crippen LogP contribution in [-0.2, 0) is 9.47 Å². The molecule has 0 radical (unpaired) electrons. The maximum atomic E-state index is 5.55. The summed E-state index contributed by atoms with van der Waals surface area (Å²) in [5.74, 6) is 3.57. The lowest BCUT2D eigenvalue weighted by molar-refractivity contribution is -0.128. The number of hydrogen-bond donors (Lipinski definition) is 0. The Balaban J connectivity index is 1.56. The van der Waals surface area contributed by atoms with E-state index in [1.54, 1.807) is 14.2 Å². The highest BCUT2D eigenvalue weighted by Crippen LogP contribution is 2.66. The Morgan fingerprint density at radius 2 is 1.84 bits per heavy atom. The number of methoxy groups -OCH3 is 2. The number of ether oxygens (including phenoxy) is 2. The molecule has 2 nitrogen and oxygen atoms in total. The van der Waals surface area contributed by atoms with Gasteiger partial charge in [-0.25, -0.2) is 0 Å². The van der Waals surface area contributed by atoms with Gasteiger partial charge in [-0.05, 0) is 85.9 Å². The molecule has 25 heavy (non-hydrogen) atoms. The largest absolute Gasteiger partial charge is 0.356 e. The van der Waals surface area contributed by atoms with E-state index in [1.807, 2.05) is 5.57 Å². The molecule has 4 aliphatic carbocycles. The van der Waals surface area contributed by atoms with E-state index in [9.17, 15) is 0 Å². The predicted octanol–water partition coefficient (Wildman–Crippen LogP) is 5.96. The minimum atomic E-state index is -0.0213. The monoisotopic (exact) mass is 346 g/mol. The SMILES string of the molecule is COC(C[C@H]1CC[C@H]2[C@@H]3CC=C4CCCC[C@]4(C)[C@H]3CC[C@]12C)OC. The van der Waals surface area contributed by atoms with Crippen LogP contribution in [0.2, 0.25) is 0 Å². The average Bonchev–Trinajstić information content (AvgIpc) is 2.95. The van der Waals surface area contributed by atoms with Gasteiger partial charge < -0.3 is 9.47 Å². The Hall–Kier alpha value is -0.340. The lowest BCUT2D eigenvalue weighted by Gasteiger charge is -2.57. The summed E-state index contributed by atoms with van der Waals surface area (Å²) >= 11 is 0. The minimum Gasteiger partial charge on any atom is -0.356 e. The van der Waals surface area contributed by atoms with E-state index in [1.165, 1.54) is 57.8 Å². The van der Waals surface area contributed by atoms with Gasteiger partial charge in [0.25, 0.3) is 0 Å². The van der Waals surface area contributed by atoms with E-state index in [0.717, 1.165) is 30.1 Å². The maximum absolute atomic E-state index is 5.55. The van der Waals surface area contributed by atoms with Crippen molar-refractivity contribution >= 4 is 0 Å². The van der Waals surface area contributed by atoms with Gasteiger partial charge in [-0.1, -0.05) is 31.9 Å². The molecule has 4 aliphatic rings. The van der Waals surface area contributed by atoms with Crippen LogP contribution in [0.5, 0.6) is 0 Å². The van der Waals surface area contributed by atoms with Crippen molar-refractivity contribution in [2.45, 2.75) is 84.3 Å². The predicted molar refractivity (Wildman–Crippen MR) is 102 cm³/mol. The first-order chi connectivity index (χ1) is 12.0. The molecule has 0 aromatic rings. The molecule has 3 saturated carbocycles. The second-order valence-electron chi connectivity index (χ2n) is 9.92. The van der Waals surface area contributed by atoms with Gasteiger partial charge in [0.15, 0.2) is 6.29 Å². The van der Waals surface area contributed by atoms with Crippen molar-refractivity contribution in [2.24, 2.45) is 34.5 Å². The van der Waals surface area contributed by atoms with Gasteiger partial charge >= 0.3 is 0 Å². The van der Waals surface area contributed by atoms with Crippen LogP contribution in [0.4, 0.5) is 0 Å². The Bertz CT molecular complexity index is 522. The normalized spacial score (nSPS) is 46.4. The molecule has 0 heterocycles. The second-order valence-corrected chi connectivity index (χ2v) is 9.92. The summed E-state index contributed by atoms with van der Waals surface area (Å²) in [6, 6.07) is 0. The number of fused-ring (bicyclic) bond motifs is 5. The molecule has 0 aromatic carbocycles. The van der Waals surface area contributed by atoms with Crippen LogP contribution in [0.1, 0.15) is 78.1 Å². The van der Waals surface area contributed by atoms with Gasteiger partial charge in [0.2, 0.25) is 0 Å². The van der Waals surface area contributed by atoms with Crippen LogP contribution >= 0.6 is 0 Å². The number of rotatable bonds is 4. The van der Waals surface area contributed by atoms with E-state index in [-0.39, 0.29) is 6.29 Å². The second kappa shape index (κ2) is 6.68. The lowest BCUT2D eigenvalue weighted by atomic mass is 9.47. The summed E-state index contributed by atoms with van der Waals surface area (Å²) in [5, 5.41) is 0. The molecule has 0 N–H and O–H groups in total. The van der Waals surface area contributed by atoms with Gasteiger partial charge in [0, 0.05) is 20.6 Å². The van der Waals surface area contributed by atoms with Crippen LogP contribution < -0.4 is 0 Å². The van der Waals surface area contributed by atoms with E-state index in [2.05, 4.69) is 19.9 Å². The Kier molecular flexibility index (Phi) is 4.82. The Morgan fingerprint density at radius 1 is 1.04 bits per heavy atom. The van der Waals surface area contributed by atoms with Gasteiger partial charge in [0.1, 0.15) is 0 Å². The lowest BCUT2D eigenvalue weighted by Crippen LogP contribution is -2.49. The Labute approximate surface area is 154 Å². The van der Waals surface area contributed by atoms with Crippen LogP contribution in [0, 0.1) is 34.5 Å². The standard InChI is InChI=1S/C23H38O2/c1-22-13-6-5-7-16(22)8-10-18-19-11-9-17(15-21(24-3)25-4)23(19,2)14-12-20(18)22/h8,17-21H,5-7,9-15H2,1-4H3/t17-,18+,19+,20+,22+,23-/m1/s1. The van der Waals surface area contributed by atoms with E-state index in [0.29, 0.717) is 10.8 Å². The molecule has 0 aliphatic heterocycles. The van der Waals surface area contributed by atoms with Crippen molar-refractivity contribution in [1.29, 1.82) is 0 Å². The summed E-state index contributed by atoms with van der Waals surface area (Å²) in [6.07, 6.45) is 16.5. The van der Waals surface area contributed by atoms with Crippen LogP contribution in [-0.4, -0.2) is 20.5 Å². The van der Waals surface area contributed by atoms with Crippen LogP contribution in [0.3, 0.4) is 0 Å². The van der Waals surface area contributed by atoms with E-state index < -0.39 is 0 Å². The van der Waals surface area contributed by atoms with E-state index in [4.69, 9.17) is 9.47 Å². The highest BCUT2D eigenvalue weighted by atomic mass is 16.7. The van der Waals surface area contributed by atoms with E-state index >= 15 is 0 Å². The fourth-order valence-corrected chi connectivity index (χ4v) is 7.72. The third kappa shape index (κ3) is 2.74. The van der Waals surface area contributed by atoms with Gasteiger partial charge in [-0.15, -0.1) is 0 Å². The molecule has 0 bridgehead atoms. The molecular formula is C23H38O2. The zero-order chi connectivity index (χ0) is 17.7. The fraction of sp³-hybridized carbons (Fsp3) is 0.913. The maximum Gasteiger partial charge on any atom is 0.157 e. The molecule has 0 unspecified atom stereocenters. The van der Waals surface area contributed by atoms with Crippen molar-refractivity contribution in [3.05, 3.63) is 11.6 Å². The smallest absolute Gasteiger partial charge is 0.157 e.